The summed E-state index contributed by atoms with van der Waals surface area (Å²) >= 11 is 0. The summed E-state index contributed by atoms with van der Waals surface area (Å²) in [6.07, 6.45) is 3.06. The zero-order chi connectivity index (χ0) is 45.9. The zero-order valence-corrected chi connectivity index (χ0v) is 34.1. The lowest BCUT2D eigenvalue weighted by Crippen LogP contribution is -2.45. The molecule has 1 unspecified atom stereocenters. The Balaban J connectivity index is 1.08. The number of aromatic carboxylic acids is 1. The lowest BCUT2D eigenvalue weighted by molar-refractivity contribution is -0.118. The maximum absolute atomic E-state index is 13.6. The monoisotopic (exact) mass is 869 g/mol. The van der Waals surface area contributed by atoms with Gasteiger partial charge in [0, 0.05) is 34.5 Å². The van der Waals surface area contributed by atoms with Gasteiger partial charge in [0.25, 0.3) is 23.6 Å². The first-order valence-corrected chi connectivity index (χ1v) is 19.0. The molecule has 5 amide bonds. The van der Waals surface area contributed by atoms with E-state index >= 15 is 0 Å². The number of aromatic amines is 1. The minimum absolute atomic E-state index is 0.00768. The first-order valence-electron chi connectivity index (χ1n) is 19.0. The number of amides is 5. The maximum atomic E-state index is 13.6. The number of pyridine rings is 1. The highest BCUT2D eigenvalue weighted by Crippen LogP contribution is 2.38. The molecule has 326 valence electrons. The molecule has 0 aliphatic carbocycles. The number of benzene rings is 4. The van der Waals surface area contributed by atoms with Crippen molar-refractivity contribution in [3.63, 3.8) is 0 Å². The van der Waals surface area contributed by atoms with Crippen LogP contribution in [0.2, 0.25) is 0 Å². The van der Waals surface area contributed by atoms with E-state index in [9.17, 15) is 44.1 Å². The Morgan fingerprint density at radius 2 is 1.34 bits per heavy atom. The number of carboxylic acids is 1. The first-order chi connectivity index (χ1) is 30.7. The number of hydrogen-bond acceptors (Lipinski definition) is 13. The molecule has 1 atom stereocenters. The van der Waals surface area contributed by atoms with Crippen molar-refractivity contribution in [3.8, 4) is 23.1 Å². The second kappa shape index (κ2) is 20.0. The number of ether oxygens (including phenoxy) is 2. The van der Waals surface area contributed by atoms with Crippen molar-refractivity contribution < 1.29 is 53.6 Å². The molecule has 64 heavy (non-hydrogen) atoms. The maximum Gasteiger partial charge on any atom is 0.354 e. The van der Waals surface area contributed by atoms with E-state index in [0.29, 0.717) is 17.0 Å². The van der Waals surface area contributed by atoms with Crippen molar-refractivity contribution in [1.82, 2.24) is 25.7 Å². The van der Waals surface area contributed by atoms with Gasteiger partial charge in [-0.3, -0.25) is 29.1 Å². The van der Waals surface area contributed by atoms with E-state index in [1.165, 1.54) is 87.1 Å². The number of carbonyl (C=O) groups excluding carboxylic acids is 5. The Hall–Kier alpha value is -9.07. The van der Waals surface area contributed by atoms with Gasteiger partial charge in [-0.2, -0.15) is 0 Å². The molecule has 0 spiro atoms. The third-order valence-corrected chi connectivity index (χ3v) is 9.31. The van der Waals surface area contributed by atoms with Gasteiger partial charge in [-0.15, -0.1) is 5.10 Å². The Bertz CT molecular complexity index is 2740. The summed E-state index contributed by atoms with van der Waals surface area (Å²) in [5.41, 5.74) is 2.14. The summed E-state index contributed by atoms with van der Waals surface area (Å²) in [5.74, 6) is -5.21. The second-order valence-corrected chi connectivity index (χ2v) is 13.7. The number of hydrogen-bond donors (Lipinski definition) is 9. The van der Waals surface area contributed by atoms with Gasteiger partial charge in [0.05, 0.1) is 37.4 Å². The molecule has 20 nitrogen and oxygen atoms in total. The minimum Gasteiger partial charge on any atom is -0.508 e. The molecule has 2 heterocycles. The molecule has 4 aromatic carbocycles. The fraction of sp³-hybridized carbons (Fsp3) is 0.114. The van der Waals surface area contributed by atoms with Crippen LogP contribution in [0.5, 0.6) is 23.1 Å². The average Bonchev–Trinajstić information content (AvgIpc) is 3.80. The zero-order valence-electron chi connectivity index (χ0n) is 34.1. The van der Waals surface area contributed by atoms with Crippen LogP contribution in [0.25, 0.3) is 6.08 Å². The number of aromatic hydroxyl groups is 2. The van der Waals surface area contributed by atoms with Crippen LogP contribution in [0.4, 0.5) is 22.7 Å². The van der Waals surface area contributed by atoms with Gasteiger partial charge in [0.2, 0.25) is 11.8 Å². The molecule has 9 N–H and O–H groups in total. The lowest BCUT2D eigenvalue weighted by Gasteiger charge is -2.18. The molecule has 6 rings (SSSR count). The average molecular weight is 870 g/mol. The fourth-order valence-corrected chi connectivity index (χ4v) is 6.00. The third-order valence-electron chi connectivity index (χ3n) is 9.31. The highest BCUT2D eigenvalue weighted by molar-refractivity contribution is 6.10. The first kappa shape index (κ1) is 44.5. The van der Waals surface area contributed by atoms with Crippen molar-refractivity contribution >= 4 is 64.3 Å². The van der Waals surface area contributed by atoms with E-state index in [2.05, 4.69) is 47.0 Å². The summed E-state index contributed by atoms with van der Waals surface area (Å²) in [6, 6.07) is 22.1. The number of anilines is 4. The number of carbonyl (C=O) groups is 6. The number of carboxylic acid groups (broad SMARTS) is 1. The quantitative estimate of drug-likeness (QED) is 0.0588. The van der Waals surface area contributed by atoms with Gasteiger partial charge in [-0.1, -0.05) is 17.3 Å². The predicted molar refractivity (Wildman–Crippen MR) is 232 cm³/mol. The van der Waals surface area contributed by atoms with E-state index in [1.54, 1.807) is 37.3 Å². The molecular formula is C44H39N9O11. The molecule has 0 bridgehead atoms. The SMILES string of the molecule is COc1nc(C(=O)O)ccc1NC(=O)c1ccc(NC(=O)c2ccc(NC(=O)C(Cc3cnn[nH]3)NC(=O)c3ccc(NC(=O)/C(C)=C/c4ccc(O)cc4)cc3)cc2)c(OC)c1O. The highest BCUT2D eigenvalue weighted by atomic mass is 16.5. The van der Waals surface area contributed by atoms with Crippen molar-refractivity contribution in [2.75, 3.05) is 35.5 Å². The predicted octanol–water partition coefficient (Wildman–Crippen LogP) is 4.85. The van der Waals surface area contributed by atoms with Gasteiger partial charge in [0.15, 0.2) is 17.2 Å². The van der Waals surface area contributed by atoms with Crippen LogP contribution in [0.3, 0.4) is 0 Å². The molecular weight excluding hydrogens is 831 g/mol. The van der Waals surface area contributed by atoms with Crippen molar-refractivity contribution in [1.29, 1.82) is 0 Å². The molecule has 0 saturated carbocycles. The summed E-state index contributed by atoms with van der Waals surface area (Å²) in [4.78, 5) is 81.2. The smallest absolute Gasteiger partial charge is 0.354 e. The van der Waals surface area contributed by atoms with Gasteiger partial charge >= 0.3 is 5.97 Å². The van der Waals surface area contributed by atoms with Crippen LogP contribution in [0, 0.1) is 0 Å². The molecule has 20 heteroatoms. The van der Waals surface area contributed by atoms with Gasteiger partial charge in [-0.25, -0.2) is 9.78 Å². The second-order valence-electron chi connectivity index (χ2n) is 13.7. The number of phenols is 2. The molecule has 0 fully saturated rings. The Morgan fingerprint density at radius 1 is 0.719 bits per heavy atom. The van der Waals surface area contributed by atoms with Crippen molar-refractivity contribution in [2.45, 2.75) is 19.4 Å². The number of aromatic nitrogens is 4. The van der Waals surface area contributed by atoms with Gasteiger partial charge < -0.3 is 51.4 Å². The van der Waals surface area contributed by atoms with Crippen molar-refractivity contribution in [3.05, 3.63) is 142 Å². The van der Waals surface area contributed by atoms with E-state index in [0.717, 1.165) is 11.6 Å². The van der Waals surface area contributed by atoms with Crippen LogP contribution in [0.15, 0.2) is 109 Å². The number of H-pyrrole nitrogens is 1. The third kappa shape index (κ3) is 11.0. The van der Waals surface area contributed by atoms with Crippen LogP contribution >= 0.6 is 0 Å². The van der Waals surface area contributed by atoms with Gasteiger partial charge in [0.1, 0.15) is 17.5 Å². The number of nitrogens with zero attached hydrogens (tertiary/aromatic N) is 3. The molecule has 6 aromatic rings. The number of rotatable bonds is 16. The summed E-state index contributed by atoms with van der Waals surface area (Å²) < 4.78 is 10.4. The molecule has 0 radical (unpaired) electrons. The normalized spacial score (nSPS) is 11.4. The largest absolute Gasteiger partial charge is 0.508 e. The number of nitrogens with one attached hydrogen (secondary N) is 6. The lowest BCUT2D eigenvalue weighted by atomic mass is 10.1. The van der Waals surface area contributed by atoms with Crippen LogP contribution < -0.4 is 36.1 Å². The summed E-state index contributed by atoms with van der Waals surface area (Å²) in [5, 5.41) is 53.0. The number of methoxy groups -OCH3 is 2. The molecule has 0 aliphatic rings. The Morgan fingerprint density at radius 3 is 1.95 bits per heavy atom. The Labute approximate surface area is 363 Å². The van der Waals surface area contributed by atoms with E-state index in [4.69, 9.17) is 9.47 Å². The fourth-order valence-electron chi connectivity index (χ4n) is 6.00. The van der Waals surface area contributed by atoms with E-state index in [-0.39, 0.29) is 69.2 Å². The highest BCUT2D eigenvalue weighted by Gasteiger charge is 2.25. The van der Waals surface area contributed by atoms with E-state index < -0.39 is 41.4 Å². The topological polar surface area (TPSA) is 296 Å². The molecule has 0 aliphatic heterocycles. The van der Waals surface area contributed by atoms with Gasteiger partial charge in [-0.05, 0) is 103 Å². The summed E-state index contributed by atoms with van der Waals surface area (Å²) in [7, 11) is 2.46. The number of phenolic OH excluding ortho intramolecular Hbond substituents is 2. The molecule has 2 aromatic heterocycles. The summed E-state index contributed by atoms with van der Waals surface area (Å²) in [6.45, 7) is 1.64. The van der Waals surface area contributed by atoms with Crippen LogP contribution in [-0.2, 0) is 16.0 Å². The van der Waals surface area contributed by atoms with Crippen molar-refractivity contribution in [2.24, 2.45) is 0 Å². The molecule has 0 saturated heterocycles. The minimum atomic E-state index is -1.30. The van der Waals surface area contributed by atoms with E-state index in [1.807, 2.05) is 0 Å². The van der Waals surface area contributed by atoms with Crippen LogP contribution in [0.1, 0.15) is 59.7 Å². The van der Waals surface area contributed by atoms with Crippen LogP contribution in [-0.4, -0.2) is 91.5 Å². The Kier molecular flexibility index (Phi) is 13.9. The standard InChI is InChI=1S/C44H39N9O11/c1-23(20-24-4-14-30(54)15-5-24)38(56)46-27-10-6-26(7-11-27)40(58)50-35(21-29-22-45-53-52-29)42(60)47-28-12-8-25(9-13-28)39(57)48-32-17-16-31(36(55)37(32)63-2)41(59)49-33-18-19-34(44(61)62)51-43(33)64-3/h4-20,22,35,54-55H,21H2,1-3H3,(H,46,56)(H,47,60)(H,48,57)(H,49,59)(H,50,58)(H,61,62)(H,45,52,53)/b23-20+.